The molecule has 4 heteroatoms. The Hall–Kier alpha value is -0.900. The second-order valence-corrected chi connectivity index (χ2v) is 6.90. The maximum absolute atomic E-state index is 5.49. The third-order valence-corrected chi connectivity index (χ3v) is 5.50. The Labute approximate surface area is 128 Å². The van der Waals surface area contributed by atoms with Crippen molar-refractivity contribution in [1.82, 2.24) is 15.5 Å². The van der Waals surface area contributed by atoms with E-state index in [9.17, 15) is 0 Å². The number of nitrogens with zero attached hydrogens (tertiary/aromatic N) is 2. The molecule has 2 fully saturated rings. The lowest BCUT2D eigenvalue weighted by Crippen LogP contribution is -2.27. The zero-order valence-electron chi connectivity index (χ0n) is 13.3. The number of rotatable bonds is 5. The van der Waals surface area contributed by atoms with E-state index in [1.165, 1.54) is 64.5 Å². The van der Waals surface area contributed by atoms with Crippen LogP contribution in [0.2, 0.25) is 0 Å². The number of aromatic nitrogens is 2. The average molecular weight is 291 g/mol. The van der Waals surface area contributed by atoms with E-state index in [1.807, 2.05) is 0 Å². The van der Waals surface area contributed by atoms with Gasteiger partial charge in [-0.05, 0) is 69.9 Å². The zero-order chi connectivity index (χ0) is 14.5. The van der Waals surface area contributed by atoms with Crippen LogP contribution in [0.5, 0.6) is 0 Å². The van der Waals surface area contributed by atoms with Crippen LogP contribution in [-0.4, -0.2) is 23.2 Å². The lowest BCUT2D eigenvalue weighted by Gasteiger charge is -2.25. The smallest absolute Gasteiger partial charge is 0.226 e. The fraction of sp³-hybridized carbons (Fsp3) is 0.882. The molecule has 1 aromatic heterocycles. The minimum atomic E-state index is 0.546. The molecule has 1 aromatic rings. The van der Waals surface area contributed by atoms with E-state index in [1.54, 1.807) is 0 Å². The molecule has 1 saturated carbocycles. The predicted molar refractivity (Wildman–Crippen MR) is 83.2 cm³/mol. The second-order valence-electron chi connectivity index (χ2n) is 6.90. The normalized spacial score (nSPS) is 27.9. The van der Waals surface area contributed by atoms with Crippen molar-refractivity contribution in [2.45, 2.75) is 70.6 Å². The molecule has 0 atom stereocenters. The Kier molecular flexibility index (Phi) is 5.28. The van der Waals surface area contributed by atoms with Crippen molar-refractivity contribution in [3.63, 3.8) is 0 Å². The molecule has 0 unspecified atom stereocenters. The number of hydrogen-bond donors (Lipinski definition) is 1. The first-order valence-electron chi connectivity index (χ1n) is 8.88. The molecule has 2 heterocycles. The highest BCUT2D eigenvalue weighted by Crippen LogP contribution is 2.35. The van der Waals surface area contributed by atoms with Crippen molar-refractivity contribution in [2.24, 2.45) is 11.8 Å². The summed E-state index contributed by atoms with van der Waals surface area (Å²) in [7, 11) is 0. The topological polar surface area (TPSA) is 51.0 Å². The first kappa shape index (κ1) is 15.0. The number of hydrogen-bond acceptors (Lipinski definition) is 4. The molecule has 21 heavy (non-hydrogen) atoms. The van der Waals surface area contributed by atoms with E-state index in [2.05, 4.69) is 22.4 Å². The van der Waals surface area contributed by atoms with Gasteiger partial charge in [0.1, 0.15) is 0 Å². The molecule has 118 valence electrons. The largest absolute Gasteiger partial charge is 0.339 e. The second kappa shape index (κ2) is 7.39. The highest BCUT2D eigenvalue weighted by Gasteiger charge is 2.25. The molecule has 4 nitrogen and oxygen atoms in total. The van der Waals surface area contributed by atoms with Gasteiger partial charge in [0.25, 0.3) is 0 Å². The molecule has 2 aliphatic rings. The van der Waals surface area contributed by atoms with Gasteiger partial charge in [0.2, 0.25) is 5.89 Å². The third-order valence-electron chi connectivity index (χ3n) is 5.50. The van der Waals surface area contributed by atoms with E-state index in [0.29, 0.717) is 5.92 Å². The molecule has 0 spiro atoms. The predicted octanol–water partition coefficient (Wildman–Crippen LogP) is 3.69. The minimum Gasteiger partial charge on any atom is -0.339 e. The SMILES string of the molecule is CCC1CCC(c2noc(CCC3CCNCC3)n2)CC1. The average Bonchev–Trinajstić information content (AvgIpc) is 3.03. The Bertz CT molecular complexity index is 417. The van der Waals surface area contributed by atoms with Crippen molar-refractivity contribution in [3.05, 3.63) is 11.7 Å². The van der Waals surface area contributed by atoms with Crippen LogP contribution in [0.15, 0.2) is 4.52 Å². The van der Waals surface area contributed by atoms with Crippen LogP contribution < -0.4 is 5.32 Å². The molecule has 0 amide bonds. The van der Waals surface area contributed by atoms with Crippen LogP contribution in [0.1, 0.15) is 75.9 Å². The fourth-order valence-corrected chi connectivity index (χ4v) is 3.86. The van der Waals surface area contributed by atoms with Gasteiger partial charge >= 0.3 is 0 Å². The van der Waals surface area contributed by atoms with Crippen molar-refractivity contribution >= 4 is 0 Å². The molecule has 1 N–H and O–H groups in total. The standard InChI is InChI=1S/C17H29N3O/c1-2-13-3-6-15(7-4-13)17-19-16(21-20-17)8-5-14-9-11-18-12-10-14/h13-15,18H,2-12H2,1H3. The first-order valence-corrected chi connectivity index (χ1v) is 8.88. The minimum absolute atomic E-state index is 0.546. The first-order chi connectivity index (χ1) is 10.3. The third kappa shape index (κ3) is 4.06. The Morgan fingerprint density at radius 3 is 2.52 bits per heavy atom. The highest BCUT2D eigenvalue weighted by atomic mass is 16.5. The van der Waals surface area contributed by atoms with Crippen LogP contribution in [0.3, 0.4) is 0 Å². The summed E-state index contributed by atoms with van der Waals surface area (Å²) in [4.78, 5) is 4.68. The summed E-state index contributed by atoms with van der Waals surface area (Å²) in [5.41, 5.74) is 0. The monoisotopic (exact) mass is 291 g/mol. The van der Waals surface area contributed by atoms with E-state index >= 15 is 0 Å². The van der Waals surface area contributed by atoms with Crippen LogP contribution in [0, 0.1) is 11.8 Å². The van der Waals surface area contributed by atoms with Gasteiger partial charge in [0.15, 0.2) is 5.82 Å². The molecule has 1 saturated heterocycles. The molecule has 1 aliphatic heterocycles. The Morgan fingerprint density at radius 1 is 1.05 bits per heavy atom. The van der Waals surface area contributed by atoms with Gasteiger partial charge in [0, 0.05) is 12.3 Å². The molecule has 0 aromatic carbocycles. The zero-order valence-corrected chi connectivity index (χ0v) is 13.3. The van der Waals surface area contributed by atoms with Crippen molar-refractivity contribution in [2.75, 3.05) is 13.1 Å². The molecular formula is C17H29N3O. The maximum Gasteiger partial charge on any atom is 0.226 e. The van der Waals surface area contributed by atoms with Crippen molar-refractivity contribution < 1.29 is 4.52 Å². The van der Waals surface area contributed by atoms with Crippen molar-refractivity contribution in [1.29, 1.82) is 0 Å². The van der Waals surface area contributed by atoms with E-state index in [4.69, 9.17) is 4.52 Å². The van der Waals surface area contributed by atoms with E-state index in [0.717, 1.165) is 30.0 Å². The molecule has 0 bridgehead atoms. The van der Waals surface area contributed by atoms with Gasteiger partial charge in [-0.1, -0.05) is 18.5 Å². The summed E-state index contributed by atoms with van der Waals surface area (Å²) in [5.74, 6) is 4.14. The molecule has 0 radical (unpaired) electrons. The maximum atomic E-state index is 5.49. The summed E-state index contributed by atoms with van der Waals surface area (Å²) in [6.07, 6.45) is 11.2. The van der Waals surface area contributed by atoms with Gasteiger partial charge in [-0.15, -0.1) is 0 Å². The van der Waals surface area contributed by atoms with Gasteiger partial charge in [-0.25, -0.2) is 0 Å². The number of nitrogens with one attached hydrogen (secondary N) is 1. The van der Waals surface area contributed by atoms with Gasteiger partial charge in [-0.3, -0.25) is 0 Å². The van der Waals surface area contributed by atoms with E-state index in [-0.39, 0.29) is 0 Å². The van der Waals surface area contributed by atoms with Crippen molar-refractivity contribution in [3.8, 4) is 0 Å². The fourth-order valence-electron chi connectivity index (χ4n) is 3.86. The highest BCUT2D eigenvalue weighted by molar-refractivity contribution is 4.98. The van der Waals surface area contributed by atoms with Gasteiger partial charge in [0.05, 0.1) is 0 Å². The lowest BCUT2D eigenvalue weighted by atomic mass is 9.80. The van der Waals surface area contributed by atoms with E-state index < -0.39 is 0 Å². The number of aryl methyl sites for hydroxylation is 1. The molecule has 3 rings (SSSR count). The Morgan fingerprint density at radius 2 is 1.81 bits per heavy atom. The summed E-state index contributed by atoms with van der Waals surface area (Å²) in [6, 6.07) is 0. The summed E-state index contributed by atoms with van der Waals surface area (Å²) in [5, 5.41) is 7.67. The van der Waals surface area contributed by atoms with Crippen LogP contribution in [-0.2, 0) is 6.42 Å². The van der Waals surface area contributed by atoms with Crippen LogP contribution in [0.25, 0.3) is 0 Å². The summed E-state index contributed by atoms with van der Waals surface area (Å²) in [6.45, 7) is 4.64. The van der Waals surface area contributed by atoms with Crippen LogP contribution >= 0.6 is 0 Å². The lowest BCUT2D eigenvalue weighted by molar-refractivity contribution is 0.300. The van der Waals surface area contributed by atoms with Gasteiger partial charge < -0.3 is 9.84 Å². The quantitative estimate of drug-likeness (QED) is 0.899. The van der Waals surface area contributed by atoms with Crippen LogP contribution in [0.4, 0.5) is 0 Å². The summed E-state index contributed by atoms with van der Waals surface area (Å²) >= 11 is 0. The summed E-state index contributed by atoms with van der Waals surface area (Å²) < 4.78 is 5.49. The number of piperidine rings is 1. The van der Waals surface area contributed by atoms with Gasteiger partial charge in [-0.2, -0.15) is 4.98 Å². The molecular weight excluding hydrogens is 262 g/mol. The Balaban J connectivity index is 1.47. The molecule has 1 aliphatic carbocycles.